The molecule has 0 radical (unpaired) electrons. The quantitative estimate of drug-likeness (QED) is 0.747. The van der Waals surface area contributed by atoms with Crippen LogP contribution in [0, 0.1) is 11.3 Å². The zero-order chi connectivity index (χ0) is 21.9. The smallest absolute Gasteiger partial charge is 0.320 e. The standard InChI is InChI=1S/C22H29N3O5S/c1-31(28,29)18-4-2-16(3-5-18)8-17-6-7-21(9-17)11-24(12-21)20(27)25-13-22(14-25)15-30-10-19(26)23-22/h2-5,17H,6-15H2,1H3,(H,23,26). The van der Waals surface area contributed by atoms with Gasteiger partial charge >= 0.3 is 6.03 Å². The second kappa shape index (κ2) is 7.20. The maximum atomic E-state index is 12.8. The number of rotatable bonds is 3. The Morgan fingerprint density at radius 1 is 1.16 bits per heavy atom. The second-order valence-electron chi connectivity index (χ2n) is 10.0. The number of hydrogen-bond donors (Lipinski definition) is 1. The van der Waals surface area contributed by atoms with Crippen LogP contribution in [0.5, 0.6) is 0 Å². The summed E-state index contributed by atoms with van der Waals surface area (Å²) in [5, 5.41) is 2.97. The highest BCUT2D eigenvalue weighted by Gasteiger charge is 2.54. The number of morpholine rings is 1. The normalized spacial score (nSPS) is 26.5. The van der Waals surface area contributed by atoms with Crippen LogP contribution in [0.2, 0.25) is 0 Å². The highest BCUT2D eigenvalue weighted by Crippen LogP contribution is 2.49. The highest BCUT2D eigenvalue weighted by molar-refractivity contribution is 7.90. The van der Waals surface area contributed by atoms with E-state index in [4.69, 9.17) is 4.74 Å². The average molecular weight is 448 g/mol. The first-order chi connectivity index (χ1) is 14.7. The Balaban J connectivity index is 1.10. The molecule has 1 aromatic rings. The van der Waals surface area contributed by atoms with Crippen LogP contribution in [0.15, 0.2) is 29.2 Å². The van der Waals surface area contributed by atoms with Crippen molar-refractivity contribution in [3.63, 3.8) is 0 Å². The predicted molar refractivity (Wildman–Crippen MR) is 113 cm³/mol. The minimum absolute atomic E-state index is 0.0656. The molecule has 168 valence electrons. The second-order valence-corrected chi connectivity index (χ2v) is 12.1. The molecule has 9 heteroatoms. The van der Waals surface area contributed by atoms with E-state index >= 15 is 0 Å². The fraction of sp³-hybridized carbons (Fsp3) is 0.636. The van der Waals surface area contributed by atoms with Crippen LogP contribution in [-0.2, 0) is 25.8 Å². The van der Waals surface area contributed by atoms with Crippen molar-refractivity contribution in [2.75, 3.05) is 45.6 Å². The summed E-state index contributed by atoms with van der Waals surface area (Å²) >= 11 is 0. The van der Waals surface area contributed by atoms with Crippen molar-refractivity contribution >= 4 is 21.8 Å². The molecule has 3 aliphatic heterocycles. The lowest BCUT2D eigenvalue weighted by Crippen LogP contribution is -2.77. The maximum Gasteiger partial charge on any atom is 0.320 e. The predicted octanol–water partition coefficient (Wildman–Crippen LogP) is 1.06. The number of nitrogens with zero attached hydrogens (tertiary/aromatic N) is 2. The number of likely N-dealkylation sites (tertiary alicyclic amines) is 2. The number of carbonyl (C=O) groups excluding carboxylic acids is 2. The Bertz CT molecular complexity index is 994. The van der Waals surface area contributed by atoms with Gasteiger partial charge in [-0.05, 0) is 49.3 Å². The molecule has 1 atom stereocenters. The minimum Gasteiger partial charge on any atom is -0.369 e. The first kappa shape index (κ1) is 20.8. The highest BCUT2D eigenvalue weighted by atomic mass is 32.2. The van der Waals surface area contributed by atoms with Gasteiger partial charge in [0.15, 0.2) is 9.84 Å². The maximum absolute atomic E-state index is 12.8. The lowest BCUT2D eigenvalue weighted by molar-refractivity contribution is -0.142. The average Bonchev–Trinajstić information content (AvgIpc) is 3.08. The Hall–Kier alpha value is -2.13. The van der Waals surface area contributed by atoms with Crippen molar-refractivity contribution in [1.82, 2.24) is 15.1 Å². The summed E-state index contributed by atoms with van der Waals surface area (Å²) in [4.78, 5) is 28.5. The Morgan fingerprint density at radius 2 is 1.84 bits per heavy atom. The van der Waals surface area contributed by atoms with E-state index in [0.717, 1.165) is 38.8 Å². The largest absolute Gasteiger partial charge is 0.369 e. The summed E-state index contributed by atoms with van der Waals surface area (Å²) in [6.45, 7) is 3.23. The van der Waals surface area contributed by atoms with Crippen molar-refractivity contribution in [2.45, 2.75) is 36.1 Å². The molecule has 0 bridgehead atoms. The van der Waals surface area contributed by atoms with E-state index in [1.54, 1.807) is 17.0 Å². The molecule has 1 unspecified atom stereocenters. The van der Waals surface area contributed by atoms with Gasteiger partial charge in [-0.15, -0.1) is 0 Å². The molecular weight excluding hydrogens is 418 g/mol. The van der Waals surface area contributed by atoms with Gasteiger partial charge in [0, 0.05) is 37.8 Å². The topological polar surface area (TPSA) is 96.0 Å². The van der Waals surface area contributed by atoms with Crippen molar-refractivity contribution in [2.24, 2.45) is 11.3 Å². The summed E-state index contributed by atoms with van der Waals surface area (Å²) in [5.74, 6) is 0.465. The third kappa shape index (κ3) is 3.93. The third-order valence-corrected chi connectivity index (χ3v) is 8.41. The summed E-state index contributed by atoms with van der Waals surface area (Å²) < 4.78 is 28.6. The third-order valence-electron chi connectivity index (χ3n) is 7.28. The molecule has 4 fully saturated rings. The fourth-order valence-electron chi connectivity index (χ4n) is 5.79. The first-order valence-electron chi connectivity index (χ1n) is 10.9. The van der Waals surface area contributed by atoms with Gasteiger partial charge in [0.2, 0.25) is 5.91 Å². The molecular formula is C22H29N3O5S. The fourth-order valence-corrected chi connectivity index (χ4v) is 6.42. The Kier molecular flexibility index (Phi) is 4.82. The van der Waals surface area contributed by atoms with Crippen molar-refractivity contribution in [3.05, 3.63) is 29.8 Å². The van der Waals surface area contributed by atoms with E-state index in [9.17, 15) is 18.0 Å². The number of benzene rings is 1. The molecule has 31 heavy (non-hydrogen) atoms. The zero-order valence-electron chi connectivity index (χ0n) is 17.8. The van der Waals surface area contributed by atoms with Crippen LogP contribution in [0.1, 0.15) is 24.8 Å². The molecule has 1 N–H and O–H groups in total. The summed E-state index contributed by atoms with van der Waals surface area (Å²) in [7, 11) is -3.16. The SMILES string of the molecule is CS(=O)(=O)c1ccc(CC2CCC3(C2)CN(C(=O)N2CC4(COCC(=O)N4)C2)C3)cc1. The number of urea groups is 1. The van der Waals surface area contributed by atoms with Gasteiger partial charge in [-0.2, -0.15) is 0 Å². The van der Waals surface area contributed by atoms with Crippen molar-refractivity contribution < 1.29 is 22.7 Å². The van der Waals surface area contributed by atoms with Crippen LogP contribution < -0.4 is 5.32 Å². The molecule has 5 rings (SSSR count). The monoisotopic (exact) mass is 447 g/mol. The van der Waals surface area contributed by atoms with E-state index in [-0.39, 0.29) is 24.0 Å². The molecule has 4 aliphatic rings. The lowest BCUT2D eigenvalue weighted by atomic mass is 9.77. The van der Waals surface area contributed by atoms with Crippen LogP contribution in [0.25, 0.3) is 0 Å². The Morgan fingerprint density at radius 3 is 2.48 bits per heavy atom. The van der Waals surface area contributed by atoms with Crippen LogP contribution in [0.4, 0.5) is 4.79 Å². The van der Waals surface area contributed by atoms with Crippen LogP contribution in [-0.4, -0.2) is 81.3 Å². The van der Waals surface area contributed by atoms with Gasteiger partial charge in [-0.3, -0.25) is 4.79 Å². The van der Waals surface area contributed by atoms with E-state index < -0.39 is 15.4 Å². The van der Waals surface area contributed by atoms with Crippen LogP contribution in [0.3, 0.4) is 0 Å². The van der Waals surface area contributed by atoms with Gasteiger partial charge < -0.3 is 19.9 Å². The molecule has 1 aliphatic carbocycles. The zero-order valence-corrected chi connectivity index (χ0v) is 18.6. The van der Waals surface area contributed by atoms with Gasteiger partial charge in [-0.1, -0.05) is 12.1 Å². The number of carbonyl (C=O) groups is 2. The molecule has 3 amide bonds. The van der Waals surface area contributed by atoms with E-state index in [2.05, 4.69) is 5.32 Å². The summed E-state index contributed by atoms with van der Waals surface area (Å²) in [6, 6.07) is 7.30. The molecule has 1 aromatic carbocycles. The Labute approximate surface area is 182 Å². The van der Waals surface area contributed by atoms with Gasteiger partial charge in [0.25, 0.3) is 0 Å². The summed E-state index contributed by atoms with van der Waals surface area (Å²) in [6.07, 6.45) is 5.57. The minimum atomic E-state index is -3.16. The number of amides is 3. The van der Waals surface area contributed by atoms with Gasteiger partial charge in [-0.25, -0.2) is 13.2 Å². The van der Waals surface area contributed by atoms with E-state index in [1.807, 2.05) is 17.0 Å². The number of hydrogen-bond acceptors (Lipinski definition) is 5. The molecule has 2 spiro atoms. The van der Waals surface area contributed by atoms with Gasteiger partial charge in [0.1, 0.15) is 6.61 Å². The van der Waals surface area contributed by atoms with E-state index in [1.165, 1.54) is 11.8 Å². The number of nitrogens with one attached hydrogen (secondary N) is 1. The molecule has 3 saturated heterocycles. The van der Waals surface area contributed by atoms with E-state index in [0.29, 0.717) is 30.5 Å². The molecule has 1 saturated carbocycles. The van der Waals surface area contributed by atoms with Crippen molar-refractivity contribution in [3.8, 4) is 0 Å². The lowest BCUT2D eigenvalue weighted by Gasteiger charge is -2.56. The molecule has 8 nitrogen and oxygen atoms in total. The summed E-state index contributed by atoms with van der Waals surface area (Å²) in [5.41, 5.74) is 1.01. The number of ether oxygens (including phenoxy) is 1. The first-order valence-corrected chi connectivity index (χ1v) is 12.8. The number of sulfone groups is 1. The molecule has 3 heterocycles. The van der Waals surface area contributed by atoms with Gasteiger partial charge in [0.05, 0.1) is 17.0 Å². The van der Waals surface area contributed by atoms with Crippen LogP contribution >= 0.6 is 0 Å². The van der Waals surface area contributed by atoms with Crippen molar-refractivity contribution in [1.29, 1.82) is 0 Å². The molecule has 0 aromatic heterocycles.